The van der Waals surface area contributed by atoms with Crippen LogP contribution in [0.2, 0.25) is 0 Å². The lowest BCUT2D eigenvalue weighted by atomic mass is 10.1. The molecule has 3 nitrogen and oxygen atoms in total. The van der Waals surface area contributed by atoms with Gasteiger partial charge in [0.15, 0.2) is 0 Å². The number of anilines is 1. The van der Waals surface area contributed by atoms with E-state index in [1.54, 1.807) is 11.3 Å². The molecular formula is C13H14BrN3S2. The van der Waals surface area contributed by atoms with Gasteiger partial charge in [0.05, 0.1) is 5.54 Å². The van der Waals surface area contributed by atoms with Gasteiger partial charge in [0.1, 0.15) is 10.00 Å². The molecule has 0 radical (unpaired) electrons. The molecule has 0 aliphatic carbocycles. The average Bonchev–Trinajstić information content (AvgIpc) is 2.81. The van der Waals surface area contributed by atoms with Gasteiger partial charge in [-0.1, -0.05) is 12.2 Å². The van der Waals surface area contributed by atoms with Crippen molar-refractivity contribution in [1.29, 1.82) is 0 Å². The molecule has 0 aliphatic heterocycles. The van der Waals surface area contributed by atoms with Crippen LogP contribution >= 0.6 is 39.5 Å². The Morgan fingerprint density at radius 3 is 2.74 bits per heavy atom. The normalized spacial score (nSPS) is 11.3. The zero-order valence-corrected chi connectivity index (χ0v) is 13.8. The number of thiazole rings is 1. The first-order valence-corrected chi connectivity index (χ1v) is 7.76. The summed E-state index contributed by atoms with van der Waals surface area (Å²) in [4.78, 5) is 4.74. The molecular weight excluding hydrogens is 342 g/mol. The second-order valence-corrected chi connectivity index (χ2v) is 6.83. The van der Waals surface area contributed by atoms with E-state index in [-0.39, 0.29) is 5.54 Å². The van der Waals surface area contributed by atoms with Crippen LogP contribution in [-0.4, -0.2) is 9.97 Å². The number of nitrogens with zero attached hydrogens (tertiary/aromatic N) is 1. The van der Waals surface area contributed by atoms with Gasteiger partial charge in [-0.2, -0.15) is 0 Å². The molecule has 0 amide bonds. The predicted octanol–water partition coefficient (Wildman–Crippen LogP) is 3.89. The van der Waals surface area contributed by atoms with Crippen LogP contribution in [-0.2, 0) is 5.54 Å². The van der Waals surface area contributed by atoms with Crippen LogP contribution in [0.1, 0.15) is 24.4 Å². The number of nitrogens with one attached hydrogen (secondary N) is 1. The van der Waals surface area contributed by atoms with Crippen molar-refractivity contribution >= 4 is 50.2 Å². The zero-order chi connectivity index (χ0) is 14.0. The van der Waals surface area contributed by atoms with Gasteiger partial charge in [-0.05, 0) is 48.0 Å². The molecule has 0 saturated carbocycles. The van der Waals surface area contributed by atoms with Crippen molar-refractivity contribution in [2.75, 3.05) is 5.32 Å². The first-order valence-electron chi connectivity index (χ1n) is 5.67. The van der Waals surface area contributed by atoms with Gasteiger partial charge < -0.3 is 11.1 Å². The Kier molecular flexibility index (Phi) is 4.23. The molecule has 0 aliphatic rings. The average molecular weight is 356 g/mol. The van der Waals surface area contributed by atoms with Crippen LogP contribution < -0.4 is 11.1 Å². The highest BCUT2D eigenvalue weighted by molar-refractivity contribution is 9.10. The summed E-state index contributed by atoms with van der Waals surface area (Å²) in [6.45, 7) is 4.20. The Hall–Kier alpha value is -0.980. The summed E-state index contributed by atoms with van der Waals surface area (Å²) in [6, 6.07) is 5.85. The lowest BCUT2D eigenvalue weighted by molar-refractivity contribution is 0.604. The topological polar surface area (TPSA) is 50.9 Å². The lowest BCUT2D eigenvalue weighted by Crippen LogP contribution is -2.27. The van der Waals surface area contributed by atoms with E-state index in [4.69, 9.17) is 18.0 Å². The van der Waals surface area contributed by atoms with Crippen molar-refractivity contribution in [2.45, 2.75) is 19.4 Å². The first kappa shape index (κ1) is 14.4. The largest absolute Gasteiger partial charge is 0.389 e. The third-order valence-electron chi connectivity index (χ3n) is 2.66. The molecule has 0 unspecified atom stereocenters. The van der Waals surface area contributed by atoms with E-state index < -0.39 is 0 Å². The van der Waals surface area contributed by atoms with E-state index in [9.17, 15) is 0 Å². The molecule has 0 atom stereocenters. The van der Waals surface area contributed by atoms with E-state index in [2.05, 4.69) is 40.1 Å². The maximum atomic E-state index is 5.64. The van der Waals surface area contributed by atoms with Gasteiger partial charge >= 0.3 is 0 Å². The molecule has 2 aromatic rings. The van der Waals surface area contributed by atoms with Crippen molar-refractivity contribution in [3.05, 3.63) is 44.8 Å². The Labute approximate surface area is 130 Å². The summed E-state index contributed by atoms with van der Waals surface area (Å²) in [7, 11) is 0. The van der Waals surface area contributed by atoms with Gasteiger partial charge in [0, 0.05) is 27.3 Å². The van der Waals surface area contributed by atoms with Crippen LogP contribution in [0.4, 0.5) is 5.69 Å². The maximum absolute atomic E-state index is 5.64. The number of nitrogens with two attached hydrogens (primary N) is 1. The monoisotopic (exact) mass is 355 g/mol. The fraction of sp³-hybridized carbons (Fsp3) is 0.231. The van der Waals surface area contributed by atoms with Crippen molar-refractivity contribution in [1.82, 2.24) is 4.98 Å². The first-order chi connectivity index (χ1) is 8.90. The van der Waals surface area contributed by atoms with Gasteiger partial charge in [0.2, 0.25) is 0 Å². The fourth-order valence-corrected chi connectivity index (χ4v) is 3.36. The molecule has 3 N–H and O–H groups in total. The van der Waals surface area contributed by atoms with Crippen LogP contribution in [0.5, 0.6) is 0 Å². The smallest absolute Gasteiger partial charge is 0.117 e. The standard InChI is InChI=1S/C13H14BrN3S2/c1-13(2,12-16-5-6-19-12)17-8-3-4-9(11(15)18)10(14)7-8/h3-7,17H,1-2H3,(H2,15,18). The van der Waals surface area contributed by atoms with Crippen LogP contribution in [0.3, 0.4) is 0 Å². The van der Waals surface area contributed by atoms with E-state index in [1.165, 1.54) is 0 Å². The van der Waals surface area contributed by atoms with Gasteiger partial charge in [-0.3, -0.25) is 0 Å². The molecule has 0 spiro atoms. The molecule has 1 aromatic carbocycles. The van der Waals surface area contributed by atoms with Gasteiger partial charge in [-0.25, -0.2) is 4.98 Å². The minimum atomic E-state index is -0.224. The van der Waals surface area contributed by atoms with Crippen molar-refractivity contribution in [3.63, 3.8) is 0 Å². The molecule has 2 rings (SSSR count). The zero-order valence-electron chi connectivity index (χ0n) is 10.6. The van der Waals surface area contributed by atoms with E-state index in [0.29, 0.717) is 4.99 Å². The van der Waals surface area contributed by atoms with E-state index in [0.717, 1.165) is 20.7 Å². The number of hydrogen-bond acceptors (Lipinski definition) is 4. The van der Waals surface area contributed by atoms with E-state index in [1.807, 2.05) is 29.8 Å². The van der Waals surface area contributed by atoms with Crippen LogP contribution in [0, 0.1) is 0 Å². The number of halogens is 1. The number of hydrogen-bond donors (Lipinski definition) is 2. The van der Waals surface area contributed by atoms with Crippen LogP contribution in [0.25, 0.3) is 0 Å². The Morgan fingerprint density at radius 1 is 1.47 bits per heavy atom. The Balaban J connectivity index is 2.25. The molecule has 19 heavy (non-hydrogen) atoms. The fourth-order valence-electron chi connectivity index (χ4n) is 1.74. The molecule has 1 heterocycles. The highest BCUT2D eigenvalue weighted by atomic mass is 79.9. The Morgan fingerprint density at radius 2 is 2.21 bits per heavy atom. The predicted molar refractivity (Wildman–Crippen MR) is 88.8 cm³/mol. The van der Waals surface area contributed by atoms with Crippen LogP contribution in [0.15, 0.2) is 34.2 Å². The molecule has 6 heteroatoms. The summed E-state index contributed by atoms with van der Waals surface area (Å²) in [5, 5.41) is 6.48. The van der Waals surface area contributed by atoms with Gasteiger partial charge in [0.25, 0.3) is 0 Å². The summed E-state index contributed by atoms with van der Waals surface area (Å²) >= 11 is 10.1. The second kappa shape index (κ2) is 5.56. The minimum Gasteiger partial charge on any atom is -0.389 e. The third-order valence-corrected chi connectivity index (χ3v) is 4.63. The van der Waals surface area contributed by atoms with Crippen molar-refractivity contribution in [2.24, 2.45) is 5.73 Å². The van der Waals surface area contributed by atoms with Gasteiger partial charge in [-0.15, -0.1) is 11.3 Å². The minimum absolute atomic E-state index is 0.224. The number of rotatable bonds is 4. The van der Waals surface area contributed by atoms with Crippen molar-refractivity contribution < 1.29 is 0 Å². The second-order valence-electron chi connectivity index (χ2n) is 4.65. The number of aromatic nitrogens is 1. The van der Waals surface area contributed by atoms with E-state index >= 15 is 0 Å². The quantitative estimate of drug-likeness (QED) is 0.816. The Bertz CT molecular complexity index is 594. The third kappa shape index (κ3) is 3.32. The SMILES string of the molecule is CC(C)(Nc1ccc(C(N)=S)c(Br)c1)c1nccs1. The molecule has 1 aromatic heterocycles. The molecule has 0 fully saturated rings. The van der Waals surface area contributed by atoms with Crippen molar-refractivity contribution in [3.8, 4) is 0 Å². The summed E-state index contributed by atoms with van der Waals surface area (Å²) in [5.41, 5.74) is 7.25. The summed E-state index contributed by atoms with van der Waals surface area (Å²) < 4.78 is 0.889. The highest BCUT2D eigenvalue weighted by Crippen LogP contribution is 2.29. The molecule has 100 valence electrons. The lowest BCUT2D eigenvalue weighted by Gasteiger charge is -2.25. The molecule has 0 bridgehead atoms. The summed E-state index contributed by atoms with van der Waals surface area (Å²) in [5.74, 6) is 0. The summed E-state index contributed by atoms with van der Waals surface area (Å²) in [6.07, 6.45) is 1.81. The number of thiocarbonyl (C=S) groups is 1. The maximum Gasteiger partial charge on any atom is 0.117 e. The highest BCUT2D eigenvalue weighted by Gasteiger charge is 2.23. The number of benzene rings is 1. The molecule has 0 saturated heterocycles.